The maximum Gasteiger partial charge on any atom is 0.0898 e. The zero-order chi connectivity index (χ0) is 12.5. The Kier molecular flexibility index (Phi) is 6.68. The Morgan fingerprint density at radius 2 is 2.12 bits per heavy atom. The van der Waals surface area contributed by atoms with E-state index in [0.29, 0.717) is 24.7 Å². The molecule has 1 atom stereocenters. The summed E-state index contributed by atoms with van der Waals surface area (Å²) in [5.74, 6) is 2.43. The van der Waals surface area contributed by atoms with Crippen LogP contribution in [0.2, 0.25) is 5.02 Å². The number of ether oxygens (including phenoxy) is 1. The molecule has 2 N–H and O–H groups in total. The zero-order valence-corrected chi connectivity index (χ0v) is 10.3. The standard InChI is InChI=1S/C13H16ClNO2/c1-2-7-15-8-13(16)10-17-9-11-3-5-12(14)6-4-11/h1,3-6,13,15-16H,7-10H2. The van der Waals surface area contributed by atoms with Gasteiger partial charge in [-0.25, -0.2) is 0 Å². The number of benzene rings is 1. The molecule has 0 aromatic heterocycles. The lowest BCUT2D eigenvalue weighted by Crippen LogP contribution is -2.30. The van der Waals surface area contributed by atoms with Crippen LogP contribution in [0.5, 0.6) is 0 Å². The quantitative estimate of drug-likeness (QED) is 0.571. The van der Waals surface area contributed by atoms with Crippen LogP contribution in [0, 0.1) is 12.3 Å². The van der Waals surface area contributed by atoms with E-state index in [-0.39, 0.29) is 6.61 Å². The minimum absolute atomic E-state index is 0.278. The fraction of sp³-hybridized carbons (Fsp3) is 0.385. The van der Waals surface area contributed by atoms with Gasteiger partial charge in [-0.05, 0) is 17.7 Å². The van der Waals surface area contributed by atoms with Crippen LogP contribution >= 0.6 is 11.6 Å². The van der Waals surface area contributed by atoms with Crippen molar-refractivity contribution >= 4 is 11.6 Å². The minimum atomic E-state index is -0.546. The molecule has 1 aromatic rings. The van der Waals surface area contributed by atoms with Gasteiger partial charge in [-0.1, -0.05) is 29.7 Å². The topological polar surface area (TPSA) is 41.5 Å². The summed E-state index contributed by atoms with van der Waals surface area (Å²) in [7, 11) is 0. The van der Waals surface area contributed by atoms with E-state index in [0.717, 1.165) is 5.56 Å². The van der Waals surface area contributed by atoms with Gasteiger partial charge in [0, 0.05) is 11.6 Å². The van der Waals surface area contributed by atoms with Gasteiger partial charge in [0.05, 0.1) is 25.9 Å². The average molecular weight is 254 g/mol. The Balaban J connectivity index is 2.15. The van der Waals surface area contributed by atoms with Gasteiger partial charge in [-0.2, -0.15) is 0 Å². The smallest absolute Gasteiger partial charge is 0.0898 e. The molecule has 4 heteroatoms. The molecule has 0 aliphatic rings. The molecular weight excluding hydrogens is 238 g/mol. The van der Waals surface area contributed by atoms with Crippen molar-refractivity contribution in [3.8, 4) is 12.3 Å². The van der Waals surface area contributed by atoms with E-state index in [4.69, 9.17) is 22.8 Å². The lowest BCUT2D eigenvalue weighted by atomic mass is 10.2. The first-order chi connectivity index (χ1) is 8.22. The molecule has 1 aromatic carbocycles. The summed E-state index contributed by atoms with van der Waals surface area (Å²) in [5, 5.41) is 13.1. The summed E-state index contributed by atoms with van der Waals surface area (Å²) >= 11 is 5.76. The Labute approximate surface area is 107 Å². The molecule has 92 valence electrons. The van der Waals surface area contributed by atoms with Gasteiger partial charge in [0.15, 0.2) is 0 Å². The van der Waals surface area contributed by atoms with Gasteiger partial charge >= 0.3 is 0 Å². The molecule has 1 unspecified atom stereocenters. The highest BCUT2D eigenvalue weighted by molar-refractivity contribution is 6.30. The Hall–Kier alpha value is -1.05. The molecule has 0 fully saturated rings. The van der Waals surface area contributed by atoms with Crippen LogP contribution < -0.4 is 5.32 Å². The van der Waals surface area contributed by atoms with Crippen molar-refractivity contribution in [1.29, 1.82) is 0 Å². The monoisotopic (exact) mass is 253 g/mol. The number of aliphatic hydroxyl groups is 1. The number of rotatable bonds is 7. The second-order valence-electron chi connectivity index (χ2n) is 3.63. The third-order valence-corrected chi connectivity index (χ3v) is 2.35. The summed E-state index contributed by atoms with van der Waals surface area (Å²) in [6, 6.07) is 7.41. The van der Waals surface area contributed by atoms with Gasteiger partial charge in [0.1, 0.15) is 0 Å². The van der Waals surface area contributed by atoms with E-state index in [2.05, 4.69) is 11.2 Å². The molecule has 0 saturated heterocycles. The first-order valence-electron chi connectivity index (χ1n) is 5.37. The van der Waals surface area contributed by atoms with Gasteiger partial charge in [0.25, 0.3) is 0 Å². The van der Waals surface area contributed by atoms with Crippen molar-refractivity contribution < 1.29 is 9.84 Å². The second-order valence-corrected chi connectivity index (χ2v) is 4.07. The average Bonchev–Trinajstić information content (AvgIpc) is 2.32. The highest BCUT2D eigenvalue weighted by Gasteiger charge is 2.03. The predicted molar refractivity (Wildman–Crippen MR) is 68.8 cm³/mol. The molecule has 17 heavy (non-hydrogen) atoms. The van der Waals surface area contributed by atoms with Crippen LogP contribution in [-0.4, -0.2) is 30.9 Å². The lowest BCUT2D eigenvalue weighted by Gasteiger charge is -2.11. The van der Waals surface area contributed by atoms with Gasteiger partial charge in [0.2, 0.25) is 0 Å². The molecule has 0 aliphatic carbocycles. The van der Waals surface area contributed by atoms with E-state index >= 15 is 0 Å². The molecule has 0 saturated carbocycles. The Bertz CT molecular complexity index is 359. The van der Waals surface area contributed by atoms with E-state index in [1.165, 1.54) is 0 Å². The van der Waals surface area contributed by atoms with Crippen LogP contribution in [-0.2, 0) is 11.3 Å². The molecule has 0 aliphatic heterocycles. The molecule has 0 amide bonds. The van der Waals surface area contributed by atoms with E-state index < -0.39 is 6.10 Å². The number of terminal acetylenes is 1. The minimum Gasteiger partial charge on any atom is -0.389 e. The third kappa shape index (κ3) is 6.30. The van der Waals surface area contributed by atoms with Gasteiger partial charge < -0.3 is 15.2 Å². The van der Waals surface area contributed by atoms with Crippen LogP contribution in [0.3, 0.4) is 0 Å². The van der Waals surface area contributed by atoms with Crippen molar-refractivity contribution in [3.63, 3.8) is 0 Å². The molecule has 1 rings (SSSR count). The number of nitrogens with one attached hydrogen (secondary N) is 1. The van der Waals surface area contributed by atoms with Crippen LogP contribution in [0.25, 0.3) is 0 Å². The van der Waals surface area contributed by atoms with E-state index in [1.807, 2.05) is 24.3 Å². The zero-order valence-electron chi connectivity index (χ0n) is 9.53. The van der Waals surface area contributed by atoms with E-state index in [1.54, 1.807) is 0 Å². The number of hydrogen-bond acceptors (Lipinski definition) is 3. The summed E-state index contributed by atoms with van der Waals surface area (Å²) in [6.45, 7) is 1.63. The largest absolute Gasteiger partial charge is 0.389 e. The van der Waals surface area contributed by atoms with Gasteiger partial charge in [-0.3, -0.25) is 0 Å². The number of hydrogen-bond donors (Lipinski definition) is 2. The predicted octanol–water partition coefficient (Wildman–Crippen LogP) is 1.44. The molecular formula is C13H16ClNO2. The highest BCUT2D eigenvalue weighted by atomic mass is 35.5. The molecule has 0 heterocycles. The van der Waals surface area contributed by atoms with Crippen LogP contribution in [0.4, 0.5) is 0 Å². The van der Waals surface area contributed by atoms with Crippen molar-refractivity contribution in [3.05, 3.63) is 34.9 Å². The summed E-state index contributed by atoms with van der Waals surface area (Å²) < 4.78 is 5.37. The number of aliphatic hydroxyl groups excluding tert-OH is 1. The molecule has 0 radical (unpaired) electrons. The molecule has 0 spiro atoms. The highest BCUT2D eigenvalue weighted by Crippen LogP contribution is 2.10. The van der Waals surface area contributed by atoms with Crippen LogP contribution in [0.1, 0.15) is 5.56 Å². The van der Waals surface area contributed by atoms with Crippen molar-refractivity contribution in [2.24, 2.45) is 0 Å². The summed E-state index contributed by atoms with van der Waals surface area (Å²) in [6.07, 6.45) is 4.52. The van der Waals surface area contributed by atoms with Gasteiger partial charge in [-0.15, -0.1) is 6.42 Å². The molecule has 0 bridgehead atoms. The first-order valence-corrected chi connectivity index (χ1v) is 5.74. The summed E-state index contributed by atoms with van der Waals surface area (Å²) in [5.41, 5.74) is 1.03. The van der Waals surface area contributed by atoms with Crippen molar-refractivity contribution in [2.75, 3.05) is 19.7 Å². The third-order valence-electron chi connectivity index (χ3n) is 2.10. The van der Waals surface area contributed by atoms with E-state index in [9.17, 15) is 5.11 Å². The lowest BCUT2D eigenvalue weighted by molar-refractivity contribution is 0.0294. The Morgan fingerprint density at radius 3 is 2.76 bits per heavy atom. The van der Waals surface area contributed by atoms with Crippen molar-refractivity contribution in [1.82, 2.24) is 5.32 Å². The normalized spacial score (nSPS) is 12.1. The number of halogens is 1. The van der Waals surface area contributed by atoms with Crippen molar-refractivity contribution in [2.45, 2.75) is 12.7 Å². The second kappa shape index (κ2) is 8.10. The fourth-order valence-corrected chi connectivity index (χ4v) is 1.39. The Morgan fingerprint density at radius 1 is 1.41 bits per heavy atom. The first kappa shape index (κ1) is 14.0. The summed E-state index contributed by atoms with van der Waals surface area (Å²) in [4.78, 5) is 0. The SMILES string of the molecule is C#CCNCC(O)COCc1ccc(Cl)cc1. The van der Waals surface area contributed by atoms with Crippen LogP contribution in [0.15, 0.2) is 24.3 Å². The maximum atomic E-state index is 9.52. The molecule has 3 nitrogen and oxygen atoms in total. The fourth-order valence-electron chi connectivity index (χ4n) is 1.26. The maximum absolute atomic E-state index is 9.52.